The minimum absolute atomic E-state index is 0.292. The average molecular weight is 251 g/mol. The number of nitrogens with one attached hydrogen (secondary N) is 1. The number of para-hydroxylation sites is 1. The summed E-state index contributed by atoms with van der Waals surface area (Å²) in [5, 5.41) is 2.97. The molecule has 0 saturated carbocycles. The molecule has 1 aromatic carbocycles. The summed E-state index contributed by atoms with van der Waals surface area (Å²) in [6.07, 6.45) is 2.31. The first-order valence-electron chi connectivity index (χ1n) is 5.86. The summed E-state index contributed by atoms with van der Waals surface area (Å²) >= 11 is 0. The summed E-state index contributed by atoms with van der Waals surface area (Å²) in [6, 6.07) is 4.90. The highest BCUT2D eigenvalue weighted by Crippen LogP contribution is 2.18. The first-order chi connectivity index (χ1) is 8.60. The Hall–Kier alpha value is -1.84. The van der Waals surface area contributed by atoms with E-state index in [-0.39, 0.29) is 11.8 Å². The number of rotatable bonds is 5. The van der Waals surface area contributed by atoms with Gasteiger partial charge in [-0.2, -0.15) is 0 Å². The summed E-state index contributed by atoms with van der Waals surface area (Å²) in [6.45, 7) is 4.09. The van der Waals surface area contributed by atoms with Crippen LogP contribution in [0.1, 0.15) is 18.9 Å². The predicted octanol–water partition coefficient (Wildman–Crippen LogP) is 3.06. The van der Waals surface area contributed by atoms with Gasteiger partial charge in [0.05, 0.1) is 12.8 Å². The van der Waals surface area contributed by atoms with Crippen molar-refractivity contribution in [3.8, 4) is 0 Å². The molecule has 4 heteroatoms. The molecule has 3 nitrogen and oxygen atoms in total. The molecule has 0 aliphatic rings. The van der Waals surface area contributed by atoms with Gasteiger partial charge in [0.15, 0.2) is 0 Å². The van der Waals surface area contributed by atoms with Crippen LogP contribution in [-0.2, 0) is 9.53 Å². The van der Waals surface area contributed by atoms with Crippen molar-refractivity contribution in [2.24, 2.45) is 0 Å². The van der Waals surface area contributed by atoms with Crippen molar-refractivity contribution in [1.29, 1.82) is 0 Å². The molecule has 0 spiro atoms. The molecule has 0 bridgehead atoms. The summed E-state index contributed by atoms with van der Waals surface area (Å²) in [7, 11) is 1.35. The zero-order valence-corrected chi connectivity index (χ0v) is 10.9. The summed E-state index contributed by atoms with van der Waals surface area (Å²) in [4.78, 5) is 11.3. The number of carbonyl (C=O) groups is 1. The molecule has 0 aromatic heterocycles. The molecule has 0 amide bonds. The molecule has 0 fully saturated rings. The van der Waals surface area contributed by atoms with Crippen LogP contribution in [0.5, 0.6) is 0 Å². The third-order valence-electron chi connectivity index (χ3n) is 2.68. The third-order valence-corrected chi connectivity index (χ3v) is 2.68. The molecule has 1 rings (SSSR count). The number of halogens is 1. The Kier molecular flexibility index (Phi) is 5.36. The fraction of sp³-hybridized carbons (Fsp3) is 0.357. The lowest BCUT2D eigenvalue weighted by molar-refractivity contribution is -0.136. The Bertz CT molecular complexity index is 435. The van der Waals surface area contributed by atoms with Crippen LogP contribution in [0.2, 0.25) is 0 Å². The van der Waals surface area contributed by atoms with Crippen LogP contribution in [0.25, 0.3) is 0 Å². The van der Waals surface area contributed by atoms with Crippen LogP contribution >= 0.6 is 0 Å². The van der Waals surface area contributed by atoms with Gasteiger partial charge in [0, 0.05) is 12.1 Å². The molecule has 1 N–H and O–H groups in total. The van der Waals surface area contributed by atoms with Crippen LogP contribution in [0.4, 0.5) is 10.1 Å². The number of aryl methyl sites for hydroxylation is 1. The summed E-state index contributed by atoms with van der Waals surface area (Å²) in [5.41, 5.74) is 1.88. The van der Waals surface area contributed by atoms with E-state index in [0.717, 1.165) is 5.56 Å². The first-order valence-corrected chi connectivity index (χ1v) is 5.86. The molecular weight excluding hydrogens is 233 g/mol. The van der Waals surface area contributed by atoms with Crippen LogP contribution in [-0.4, -0.2) is 19.6 Å². The minimum atomic E-state index is -0.343. The minimum Gasteiger partial charge on any atom is -0.466 e. The van der Waals surface area contributed by atoms with Gasteiger partial charge < -0.3 is 10.1 Å². The van der Waals surface area contributed by atoms with Crippen molar-refractivity contribution in [3.63, 3.8) is 0 Å². The standard InChI is InChI=1S/C14H18FNO2/c1-4-11(14(17)18-3)8-9-16-13-10(2)6-5-7-12(13)15/h5-8,16H,4,9H2,1-3H3/b11-8-. The van der Waals surface area contributed by atoms with E-state index in [2.05, 4.69) is 10.1 Å². The van der Waals surface area contributed by atoms with E-state index in [1.54, 1.807) is 12.1 Å². The Morgan fingerprint density at radius 1 is 1.50 bits per heavy atom. The lowest BCUT2D eigenvalue weighted by Crippen LogP contribution is -2.08. The molecule has 0 aliphatic heterocycles. The second kappa shape index (κ2) is 6.79. The highest BCUT2D eigenvalue weighted by molar-refractivity contribution is 5.88. The molecule has 0 heterocycles. The lowest BCUT2D eigenvalue weighted by Gasteiger charge is -2.09. The van der Waals surface area contributed by atoms with Gasteiger partial charge >= 0.3 is 5.97 Å². The maximum atomic E-state index is 13.5. The van der Waals surface area contributed by atoms with Gasteiger partial charge in [0.1, 0.15) is 5.82 Å². The molecule has 0 atom stereocenters. The summed E-state index contributed by atoms with van der Waals surface area (Å²) in [5.74, 6) is -0.635. The van der Waals surface area contributed by atoms with Crippen molar-refractivity contribution < 1.29 is 13.9 Å². The number of carbonyl (C=O) groups excluding carboxylic acids is 1. The van der Waals surface area contributed by atoms with E-state index in [1.165, 1.54) is 13.2 Å². The van der Waals surface area contributed by atoms with E-state index in [9.17, 15) is 9.18 Å². The number of hydrogen-bond acceptors (Lipinski definition) is 3. The molecule has 18 heavy (non-hydrogen) atoms. The van der Waals surface area contributed by atoms with E-state index in [0.29, 0.717) is 24.2 Å². The quantitative estimate of drug-likeness (QED) is 0.645. The monoisotopic (exact) mass is 251 g/mol. The van der Waals surface area contributed by atoms with Crippen LogP contribution in [0.3, 0.4) is 0 Å². The topological polar surface area (TPSA) is 38.3 Å². The average Bonchev–Trinajstić information content (AvgIpc) is 2.37. The summed E-state index contributed by atoms with van der Waals surface area (Å²) < 4.78 is 18.2. The van der Waals surface area contributed by atoms with Crippen LogP contribution in [0.15, 0.2) is 29.8 Å². The smallest absolute Gasteiger partial charge is 0.333 e. The fourth-order valence-electron chi connectivity index (χ4n) is 1.64. The van der Waals surface area contributed by atoms with Crippen molar-refractivity contribution >= 4 is 11.7 Å². The van der Waals surface area contributed by atoms with Gasteiger partial charge in [-0.15, -0.1) is 0 Å². The molecule has 0 aliphatic carbocycles. The number of anilines is 1. The van der Waals surface area contributed by atoms with E-state index >= 15 is 0 Å². The zero-order valence-electron chi connectivity index (χ0n) is 10.9. The number of esters is 1. The fourth-order valence-corrected chi connectivity index (χ4v) is 1.64. The maximum absolute atomic E-state index is 13.5. The zero-order chi connectivity index (χ0) is 13.5. The van der Waals surface area contributed by atoms with Crippen molar-refractivity contribution in [2.45, 2.75) is 20.3 Å². The van der Waals surface area contributed by atoms with Crippen LogP contribution < -0.4 is 5.32 Å². The maximum Gasteiger partial charge on any atom is 0.333 e. The molecular formula is C14H18FNO2. The second-order valence-electron chi connectivity index (χ2n) is 3.89. The Labute approximate surface area is 107 Å². The van der Waals surface area contributed by atoms with Gasteiger partial charge in [-0.25, -0.2) is 9.18 Å². The predicted molar refractivity (Wildman–Crippen MR) is 70.0 cm³/mol. The van der Waals surface area contributed by atoms with Gasteiger partial charge in [-0.3, -0.25) is 0 Å². The van der Waals surface area contributed by atoms with Gasteiger partial charge in [-0.1, -0.05) is 25.1 Å². The van der Waals surface area contributed by atoms with Gasteiger partial charge in [0.25, 0.3) is 0 Å². The Morgan fingerprint density at radius 2 is 2.22 bits per heavy atom. The van der Waals surface area contributed by atoms with E-state index < -0.39 is 0 Å². The molecule has 0 unspecified atom stereocenters. The van der Waals surface area contributed by atoms with Gasteiger partial charge in [0.2, 0.25) is 0 Å². The molecule has 1 aromatic rings. The molecule has 0 saturated heterocycles. The lowest BCUT2D eigenvalue weighted by atomic mass is 10.1. The third kappa shape index (κ3) is 3.58. The number of ether oxygens (including phenoxy) is 1. The van der Waals surface area contributed by atoms with E-state index in [1.807, 2.05) is 19.9 Å². The molecule has 98 valence electrons. The number of hydrogen-bond donors (Lipinski definition) is 1. The Morgan fingerprint density at radius 3 is 2.78 bits per heavy atom. The van der Waals surface area contributed by atoms with Crippen LogP contribution in [0, 0.1) is 12.7 Å². The van der Waals surface area contributed by atoms with Crippen molar-refractivity contribution in [3.05, 3.63) is 41.2 Å². The van der Waals surface area contributed by atoms with E-state index in [4.69, 9.17) is 0 Å². The largest absolute Gasteiger partial charge is 0.466 e. The Balaban J connectivity index is 2.71. The SMILES string of the molecule is CC/C(=C/CNc1c(C)cccc1F)C(=O)OC. The van der Waals surface area contributed by atoms with Crippen molar-refractivity contribution in [2.75, 3.05) is 19.0 Å². The number of benzene rings is 1. The van der Waals surface area contributed by atoms with Gasteiger partial charge in [-0.05, 0) is 25.0 Å². The highest BCUT2D eigenvalue weighted by Gasteiger charge is 2.07. The second-order valence-corrected chi connectivity index (χ2v) is 3.89. The highest BCUT2D eigenvalue weighted by atomic mass is 19.1. The number of methoxy groups -OCH3 is 1. The normalized spacial score (nSPS) is 11.2. The van der Waals surface area contributed by atoms with Crippen molar-refractivity contribution in [1.82, 2.24) is 0 Å². The first kappa shape index (κ1) is 14.2. The molecule has 0 radical (unpaired) electrons.